The minimum Gasteiger partial charge on any atom is -0.353 e. The number of aromatic nitrogens is 4. The summed E-state index contributed by atoms with van der Waals surface area (Å²) in [6.07, 6.45) is 3.50. The molecule has 6 heteroatoms. The van der Waals surface area contributed by atoms with Gasteiger partial charge in [0.1, 0.15) is 12.1 Å². The van der Waals surface area contributed by atoms with Gasteiger partial charge >= 0.3 is 0 Å². The van der Waals surface area contributed by atoms with E-state index >= 15 is 0 Å². The highest BCUT2D eigenvalue weighted by Gasteiger charge is 2.20. The average molecular weight is 294 g/mol. The number of anilines is 1. The molecule has 3 aromatic rings. The molecule has 0 spiro atoms. The van der Waals surface area contributed by atoms with Gasteiger partial charge in [-0.3, -0.25) is 0 Å². The molecule has 0 bridgehead atoms. The van der Waals surface area contributed by atoms with Crippen molar-refractivity contribution in [1.82, 2.24) is 25.1 Å². The van der Waals surface area contributed by atoms with Crippen LogP contribution >= 0.6 is 0 Å². The number of nitrogens with zero attached hydrogens (tertiary/aromatic N) is 5. The summed E-state index contributed by atoms with van der Waals surface area (Å²) in [5, 5.41) is 8.97. The van der Waals surface area contributed by atoms with Gasteiger partial charge in [-0.15, -0.1) is 0 Å². The maximum atomic E-state index is 4.51. The number of benzene rings is 1. The molecule has 1 atom stereocenters. The Morgan fingerprint density at radius 2 is 2.05 bits per heavy atom. The Labute approximate surface area is 128 Å². The fraction of sp³-hybridized carbons (Fsp3) is 0.312. The average Bonchev–Trinajstić information content (AvgIpc) is 2.99. The van der Waals surface area contributed by atoms with E-state index in [1.54, 1.807) is 6.33 Å². The SMILES string of the molecule is C[C@@H]1CN(c2ncnc3c2cnn3-c2ccccc2)CCN1. The summed E-state index contributed by atoms with van der Waals surface area (Å²) in [6.45, 7) is 5.06. The van der Waals surface area contributed by atoms with Crippen LogP contribution in [0.4, 0.5) is 5.82 Å². The van der Waals surface area contributed by atoms with Gasteiger partial charge in [0.2, 0.25) is 0 Å². The second-order valence-electron chi connectivity index (χ2n) is 5.63. The molecule has 1 fully saturated rings. The highest BCUT2D eigenvalue weighted by Crippen LogP contribution is 2.25. The summed E-state index contributed by atoms with van der Waals surface area (Å²) < 4.78 is 1.87. The molecule has 0 aliphatic carbocycles. The van der Waals surface area contributed by atoms with E-state index in [1.165, 1.54) is 0 Å². The Hall–Kier alpha value is -2.47. The Bertz CT molecular complexity index is 782. The van der Waals surface area contributed by atoms with Crippen molar-refractivity contribution in [2.45, 2.75) is 13.0 Å². The van der Waals surface area contributed by atoms with Crippen LogP contribution in [0.25, 0.3) is 16.7 Å². The Balaban J connectivity index is 1.80. The molecule has 1 N–H and O–H groups in total. The summed E-state index contributed by atoms with van der Waals surface area (Å²) in [5.41, 5.74) is 1.86. The van der Waals surface area contributed by atoms with Crippen LogP contribution in [0, 0.1) is 0 Å². The third kappa shape index (κ3) is 2.21. The summed E-state index contributed by atoms with van der Waals surface area (Å²) in [5.74, 6) is 0.973. The Morgan fingerprint density at radius 3 is 2.86 bits per heavy atom. The van der Waals surface area contributed by atoms with Crippen LogP contribution in [0.15, 0.2) is 42.9 Å². The van der Waals surface area contributed by atoms with Gasteiger partial charge in [-0.05, 0) is 19.1 Å². The predicted molar refractivity (Wildman–Crippen MR) is 86.3 cm³/mol. The normalized spacial score (nSPS) is 18.8. The number of para-hydroxylation sites is 1. The zero-order chi connectivity index (χ0) is 14.9. The van der Waals surface area contributed by atoms with Crippen LogP contribution in [0.3, 0.4) is 0 Å². The second-order valence-corrected chi connectivity index (χ2v) is 5.63. The predicted octanol–water partition coefficient (Wildman–Crippen LogP) is 1.61. The topological polar surface area (TPSA) is 58.9 Å². The van der Waals surface area contributed by atoms with Crippen LogP contribution in [0.5, 0.6) is 0 Å². The second kappa shape index (κ2) is 5.38. The van der Waals surface area contributed by atoms with Gasteiger partial charge < -0.3 is 10.2 Å². The standard InChI is InChI=1S/C16H18N6/c1-12-10-21(8-7-17-12)15-14-9-20-22(16(14)19-11-18-15)13-5-3-2-4-6-13/h2-6,9,11-12,17H,7-8,10H2,1H3/t12-/m1/s1. The smallest absolute Gasteiger partial charge is 0.168 e. The molecule has 6 nitrogen and oxygen atoms in total. The van der Waals surface area contributed by atoms with E-state index in [0.717, 1.165) is 42.2 Å². The van der Waals surface area contributed by atoms with Crippen molar-refractivity contribution in [3.8, 4) is 5.69 Å². The molecule has 112 valence electrons. The molecule has 1 aliphatic heterocycles. The van der Waals surface area contributed by atoms with Gasteiger partial charge in [-0.1, -0.05) is 18.2 Å². The largest absolute Gasteiger partial charge is 0.353 e. The van der Waals surface area contributed by atoms with Crippen molar-refractivity contribution in [3.63, 3.8) is 0 Å². The fourth-order valence-corrected chi connectivity index (χ4v) is 2.97. The highest BCUT2D eigenvalue weighted by atomic mass is 15.3. The lowest BCUT2D eigenvalue weighted by molar-refractivity contribution is 0.483. The molecule has 4 rings (SSSR count). The van der Waals surface area contributed by atoms with Crippen molar-refractivity contribution < 1.29 is 0 Å². The van der Waals surface area contributed by atoms with Crippen LogP contribution in [-0.2, 0) is 0 Å². The summed E-state index contributed by atoms with van der Waals surface area (Å²) >= 11 is 0. The molecule has 0 amide bonds. The van der Waals surface area contributed by atoms with E-state index in [-0.39, 0.29) is 0 Å². The van der Waals surface area contributed by atoms with E-state index < -0.39 is 0 Å². The molecule has 0 radical (unpaired) electrons. The first-order chi connectivity index (χ1) is 10.8. The maximum Gasteiger partial charge on any atom is 0.168 e. The summed E-state index contributed by atoms with van der Waals surface area (Å²) in [6, 6.07) is 10.5. The lowest BCUT2D eigenvalue weighted by Gasteiger charge is -2.32. The molecule has 1 aromatic carbocycles. The van der Waals surface area contributed by atoms with Gasteiger partial charge in [-0.2, -0.15) is 5.10 Å². The van der Waals surface area contributed by atoms with Crippen molar-refractivity contribution in [2.75, 3.05) is 24.5 Å². The molecule has 0 saturated carbocycles. The zero-order valence-electron chi connectivity index (χ0n) is 12.5. The number of piperazine rings is 1. The van der Waals surface area contributed by atoms with Gasteiger partial charge in [0, 0.05) is 25.7 Å². The third-order valence-corrected chi connectivity index (χ3v) is 4.01. The number of fused-ring (bicyclic) bond motifs is 1. The first-order valence-electron chi connectivity index (χ1n) is 7.55. The minimum atomic E-state index is 0.461. The van der Waals surface area contributed by atoms with E-state index in [4.69, 9.17) is 0 Å². The molecule has 1 aliphatic rings. The lowest BCUT2D eigenvalue weighted by Crippen LogP contribution is -2.49. The number of nitrogens with one attached hydrogen (secondary N) is 1. The van der Waals surface area contributed by atoms with Gasteiger partial charge in [0.05, 0.1) is 17.3 Å². The van der Waals surface area contributed by atoms with E-state index in [1.807, 2.05) is 41.2 Å². The molecular weight excluding hydrogens is 276 g/mol. The Kier molecular flexibility index (Phi) is 3.23. The highest BCUT2D eigenvalue weighted by molar-refractivity contribution is 5.87. The van der Waals surface area contributed by atoms with E-state index in [0.29, 0.717) is 6.04 Å². The third-order valence-electron chi connectivity index (χ3n) is 4.01. The minimum absolute atomic E-state index is 0.461. The zero-order valence-corrected chi connectivity index (χ0v) is 12.5. The van der Waals surface area contributed by atoms with Gasteiger partial charge in [0.15, 0.2) is 5.65 Å². The molecule has 22 heavy (non-hydrogen) atoms. The molecule has 1 saturated heterocycles. The van der Waals surface area contributed by atoms with Crippen LogP contribution in [-0.4, -0.2) is 45.4 Å². The van der Waals surface area contributed by atoms with Crippen LogP contribution in [0.1, 0.15) is 6.92 Å². The number of rotatable bonds is 2. The first-order valence-corrected chi connectivity index (χ1v) is 7.55. The van der Waals surface area contributed by atoms with E-state index in [2.05, 4.69) is 32.2 Å². The molecule has 2 aromatic heterocycles. The van der Waals surface area contributed by atoms with Crippen molar-refractivity contribution in [1.29, 1.82) is 0 Å². The quantitative estimate of drug-likeness (QED) is 0.778. The Morgan fingerprint density at radius 1 is 1.18 bits per heavy atom. The van der Waals surface area contributed by atoms with E-state index in [9.17, 15) is 0 Å². The molecular formula is C16H18N6. The first kappa shape index (κ1) is 13.2. The van der Waals surface area contributed by atoms with Crippen LogP contribution in [0.2, 0.25) is 0 Å². The van der Waals surface area contributed by atoms with Crippen molar-refractivity contribution in [2.24, 2.45) is 0 Å². The van der Waals surface area contributed by atoms with Crippen molar-refractivity contribution in [3.05, 3.63) is 42.9 Å². The monoisotopic (exact) mass is 294 g/mol. The lowest BCUT2D eigenvalue weighted by atomic mass is 10.2. The van der Waals surface area contributed by atoms with Crippen molar-refractivity contribution >= 4 is 16.9 Å². The summed E-state index contributed by atoms with van der Waals surface area (Å²) in [7, 11) is 0. The molecule has 0 unspecified atom stereocenters. The number of hydrogen-bond donors (Lipinski definition) is 1. The molecule has 3 heterocycles. The fourth-order valence-electron chi connectivity index (χ4n) is 2.97. The summed E-state index contributed by atoms with van der Waals surface area (Å²) in [4.78, 5) is 11.3. The number of hydrogen-bond acceptors (Lipinski definition) is 5. The van der Waals surface area contributed by atoms with Gasteiger partial charge in [-0.25, -0.2) is 14.6 Å². The van der Waals surface area contributed by atoms with Crippen LogP contribution < -0.4 is 10.2 Å². The van der Waals surface area contributed by atoms with Gasteiger partial charge in [0.25, 0.3) is 0 Å². The maximum absolute atomic E-state index is 4.51.